The van der Waals surface area contributed by atoms with Gasteiger partial charge in [0, 0.05) is 37.9 Å². The Hall–Kier alpha value is -1.06. The Morgan fingerprint density at radius 2 is 1.50 bits per heavy atom. The van der Waals surface area contributed by atoms with Crippen LogP contribution in [0.3, 0.4) is 0 Å². The van der Waals surface area contributed by atoms with Crippen LogP contribution in [0.5, 0.6) is 0 Å². The summed E-state index contributed by atoms with van der Waals surface area (Å²) >= 11 is 0. The minimum atomic E-state index is -0.378. The molecule has 0 saturated carbocycles. The molecule has 1 aliphatic heterocycles. The van der Waals surface area contributed by atoms with Crippen LogP contribution in [0, 0.1) is 0 Å². The number of nitrogens with zero attached hydrogens (tertiary/aromatic N) is 2. The van der Waals surface area contributed by atoms with E-state index in [1.165, 1.54) is 5.69 Å². The lowest BCUT2D eigenvalue weighted by atomic mass is 10.1. The smallest absolute Gasteiger partial charge is 0.0761 e. The van der Waals surface area contributed by atoms with Crippen LogP contribution < -0.4 is 4.90 Å². The topological polar surface area (TPSA) is 26.7 Å². The average molecular weight is 248 g/mol. The first-order chi connectivity index (χ1) is 8.58. The Morgan fingerprint density at radius 3 is 1.94 bits per heavy atom. The van der Waals surface area contributed by atoms with E-state index in [2.05, 4.69) is 35.8 Å². The molecule has 3 nitrogen and oxygen atoms in total. The summed E-state index contributed by atoms with van der Waals surface area (Å²) < 4.78 is 0. The van der Waals surface area contributed by atoms with Crippen molar-refractivity contribution in [2.45, 2.75) is 32.9 Å². The standard InChI is InChI=1S/C15H24N2O/c1-12(2)16-8-10-17(11-9-16)15-6-4-14(5-7-15)13(3)18/h4-7,12-13,18H,8-11H2,1-3H3. The fourth-order valence-electron chi connectivity index (χ4n) is 2.46. The van der Waals surface area contributed by atoms with Gasteiger partial charge in [0.05, 0.1) is 6.10 Å². The number of hydrogen-bond acceptors (Lipinski definition) is 3. The van der Waals surface area contributed by atoms with E-state index in [0.717, 1.165) is 31.7 Å². The molecule has 1 fully saturated rings. The highest BCUT2D eigenvalue weighted by Crippen LogP contribution is 2.20. The maximum atomic E-state index is 9.50. The largest absolute Gasteiger partial charge is 0.389 e. The van der Waals surface area contributed by atoms with Crippen molar-refractivity contribution >= 4 is 5.69 Å². The molecular weight excluding hydrogens is 224 g/mol. The van der Waals surface area contributed by atoms with E-state index in [1.54, 1.807) is 6.92 Å². The van der Waals surface area contributed by atoms with E-state index >= 15 is 0 Å². The van der Waals surface area contributed by atoms with Gasteiger partial charge in [0.1, 0.15) is 0 Å². The van der Waals surface area contributed by atoms with Gasteiger partial charge < -0.3 is 10.0 Å². The zero-order valence-corrected chi connectivity index (χ0v) is 11.6. The Kier molecular flexibility index (Phi) is 4.25. The lowest BCUT2D eigenvalue weighted by molar-refractivity contribution is 0.199. The number of hydrogen-bond donors (Lipinski definition) is 1. The molecule has 18 heavy (non-hydrogen) atoms. The van der Waals surface area contributed by atoms with E-state index < -0.39 is 0 Å². The highest BCUT2D eigenvalue weighted by molar-refractivity contribution is 5.48. The van der Waals surface area contributed by atoms with Gasteiger partial charge in [0.2, 0.25) is 0 Å². The monoisotopic (exact) mass is 248 g/mol. The molecule has 1 atom stereocenters. The van der Waals surface area contributed by atoms with Crippen molar-refractivity contribution in [1.29, 1.82) is 0 Å². The van der Waals surface area contributed by atoms with Gasteiger partial charge in [-0.05, 0) is 38.5 Å². The molecule has 0 radical (unpaired) electrons. The van der Waals surface area contributed by atoms with Crippen LogP contribution in [0.25, 0.3) is 0 Å². The maximum absolute atomic E-state index is 9.50. The van der Waals surface area contributed by atoms with Crippen LogP contribution >= 0.6 is 0 Å². The molecule has 1 aliphatic rings. The van der Waals surface area contributed by atoms with E-state index in [4.69, 9.17) is 0 Å². The molecule has 3 heteroatoms. The lowest BCUT2D eigenvalue weighted by Crippen LogP contribution is -2.48. The second kappa shape index (κ2) is 5.72. The molecule has 0 aliphatic carbocycles. The van der Waals surface area contributed by atoms with Crippen molar-refractivity contribution in [3.63, 3.8) is 0 Å². The summed E-state index contributed by atoms with van der Waals surface area (Å²) in [6.07, 6.45) is -0.378. The first kappa shape index (κ1) is 13.4. The highest BCUT2D eigenvalue weighted by Gasteiger charge is 2.18. The summed E-state index contributed by atoms with van der Waals surface area (Å²) in [4.78, 5) is 4.94. The number of rotatable bonds is 3. The molecular formula is C15H24N2O. The average Bonchev–Trinajstić information content (AvgIpc) is 2.39. The summed E-state index contributed by atoms with van der Waals surface area (Å²) in [6.45, 7) is 10.8. The number of benzene rings is 1. The maximum Gasteiger partial charge on any atom is 0.0761 e. The van der Waals surface area contributed by atoms with Gasteiger partial charge >= 0.3 is 0 Å². The SMILES string of the molecule is CC(O)c1ccc(N2CCN(C(C)C)CC2)cc1. The third kappa shape index (κ3) is 3.03. The van der Waals surface area contributed by atoms with Gasteiger partial charge in [-0.1, -0.05) is 12.1 Å². The molecule has 100 valence electrons. The van der Waals surface area contributed by atoms with Crippen LogP contribution in [0.2, 0.25) is 0 Å². The van der Waals surface area contributed by atoms with Gasteiger partial charge in [-0.3, -0.25) is 4.90 Å². The van der Waals surface area contributed by atoms with Crippen LogP contribution in [-0.4, -0.2) is 42.2 Å². The van der Waals surface area contributed by atoms with Gasteiger partial charge in [-0.25, -0.2) is 0 Å². The molecule has 1 aromatic rings. The number of anilines is 1. The Morgan fingerprint density at radius 1 is 0.944 bits per heavy atom. The van der Waals surface area contributed by atoms with Crippen molar-refractivity contribution in [1.82, 2.24) is 4.90 Å². The van der Waals surface area contributed by atoms with Gasteiger partial charge in [0.15, 0.2) is 0 Å². The van der Waals surface area contributed by atoms with Crippen LogP contribution in [0.4, 0.5) is 5.69 Å². The number of piperazine rings is 1. The highest BCUT2D eigenvalue weighted by atomic mass is 16.3. The molecule has 0 spiro atoms. The summed E-state index contributed by atoms with van der Waals surface area (Å²) in [5, 5.41) is 9.50. The molecule has 0 aromatic heterocycles. The number of aliphatic hydroxyl groups excluding tert-OH is 1. The zero-order valence-electron chi connectivity index (χ0n) is 11.6. The molecule has 2 rings (SSSR count). The van der Waals surface area contributed by atoms with E-state index in [-0.39, 0.29) is 6.10 Å². The quantitative estimate of drug-likeness (QED) is 0.889. The van der Waals surface area contributed by atoms with E-state index in [0.29, 0.717) is 6.04 Å². The van der Waals surface area contributed by atoms with E-state index in [9.17, 15) is 5.11 Å². The summed E-state index contributed by atoms with van der Waals surface area (Å²) in [6, 6.07) is 8.92. The minimum Gasteiger partial charge on any atom is -0.389 e. The Labute approximate surface area is 110 Å². The summed E-state index contributed by atoms with van der Waals surface area (Å²) in [5.74, 6) is 0. The number of aliphatic hydroxyl groups is 1. The molecule has 0 bridgehead atoms. The first-order valence-electron chi connectivity index (χ1n) is 6.85. The lowest BCUT2D eigenvalue weighted by Gasteiger charge is -2.38. The fraction of sp³-hybridized carbons (Fsp3) is 0.600. The van der Waals surface area contributed by atoms with Crippen molar-refractivity contribution in [3.8, 4) is 0 Å². The van der Waals surface area contributed by atoms with Crippen molar-refractivity contribution < 1.29 is 5.11 Å². The third-order valence-electron chi connectivity index (χ3n) is 3.79. The predicted octanol–water partition coefficient (Wildman–Crippen LogP) is 2.27. The van der Waals surface area contributed by atoms with Gasteiger partial charge in [0.25, 0.3) is 0 Å². The van der Waals surface area contributed by atoms with Gasteiger partial charge in [-0.15, -0.1) is 0 Å². The zero-order chi connectivity index (χ0) is 13.1. The molecule has 0 amide bonds. The molecule has 1 N–H and O–H groups in total. The van der Waals surface area contributed by atoms with Crippen LogP contribution in [-0.2, 0) is 0 Å². The minimum absolute atomic E-state index is 0.378. The van der Waals surface area contributed by atoms with Gasteiger partial charge in [-0.2, -0.15) is 0 Å². The normalized spacial score (nSPS) is 19.3. The summed E-state index contributed by atoms with van der Waals surface area (Å²) in [5.41, 5.74) is 2.25. The Bertz CT molecular complexity index is 365. The van der Waals surface area contributed by atoms with E-state index in [1.807, 2.05) is 12.1 Å². The second-order valence-corrected chi connectivity index (χ2v) is 5.38. The second-order valence-electron chi connectivity index (χ2n) is 5.38. The fourth-order valence-corrected chi connectivity index (χ4v) is 2.46. The van der Waals surface area contributed by atoms with Crippen LogP contribution in [0.1, 0.15) is 32.4 Å². The first-order valence-corrected chi connectivity index (χ1v) is 6.85. The van der Waals surface area contributed by atoms with Crippen molar-refractivity contribution in [2.24, 2.45) is 0 Å². The predicted molar refractivity (Wildman–Crippen MR) is 76.0 cm³/mol. The van der Waals surface area contributed by atoms with Crippen LogP contribution in [0.15, 0.2) is 24.3 Å². The summed E-state index contributed by atoms with van der Waals surface area (Å²) in [7, 11) is 0. The molecule has 1 heterocycles. The van der Waals surface area contributed by atoms with Crippen molar-refractivity contribution in [2.75, 3.05) is 31.1 Å². The molecule has 1 saturated heterocycles. The van der Waals surface area contributed by atoms with Crippen molar-refractivity contribution in [3.05, 3.63) is 29.8 Å². The molecule has 1 unspecified atom stereocenters. The third-order valence-corrected chi connectivity index (χ3v) is 3.79. The Balaban J connectivity index is 1.97. The molecule has 1 aromatic carbocycles.